The second kappa shape index (κ2) is 5.46. The Hall–Kier alpha value is -0.450. The second-order valence-electron chi connectivity index (χ2n) is 4.90. The standard InChI is InChI=1S/C13H21NO2S/c1-3-16-13(6-4-10(2)5-7-13)12-14-8-11(9-15)17-12/h8,10,15H,3-7,9H2,1-2H3. The van der Waals surface area contributed by atoms with Crippen LogP contribution in [0.2, 0.25) is 0 Å². The third-order valence-electron chi connectivity index (χ3n) is 3.60. The fourth-order valence-corrected chi connectivity index (χ4v) is 3.49. The van der Waals surface area contributed by atoms with Gasteiger partial charge in [-0.05, 0) is 38.5 Å². The number of aliphatic hydroxyl groups excluding tert-OH is 1. The first-order chi connectivity index (χ1) is 8.20. The van der Waals surface area contributed by atoms with E-state index in [1.807, 2.05) is 6.92 Å². The number of aromatic nitrogens is 1. The smallest absolute Gasteiger partial charge is 0.125 e. The Morgan fingerprint density at radius 3 is 2.76 bits per heavy atom. The highest BCUT2D eigenvalue weighted by atomic mass is 32.1. The number of thiazole rings is 1. The van der Waals surface area contributed by atoms with E-state index >= 15 is 0 Å². The monoisotopic (exact) mass is 255 g/mol. The molecule has 1 aromatic heterocycles. The Bertz CT molecular complexity index is 356. The quantitative estimate of drug-likeness (QED) is 0.899. The van der Waals surface area contributed by atoms with Crippen molar-refractivity contribution in [1.82, 2.24) is 4.98 Å². The molecule has 0 unspecified atom stereocenters. The van der Waals surface area contributed by atoms with Gasteiger partial charge in [-0.3, -0.25) is 0 Å². The Balaban J connectivity index is 2.21. The van der Waals surface area contributed by atoms with Crippen LogP contribution in [0, 0.1) is 5.92 Å². The maximum atomic E-state index is 9.13. The molecule has 0 amide bonds. The molecule has 17 heavy (non-hydrogen) atoms. The molecule has 1 N–H and O–H groups in total. The summed E-state index contributed by atoms with van der Waals surface area (Å²) in [7, 11) is 0. The lowest BCUT2D eigenvalue weighted by atomic mass is 9.80. The Kier molecular flexibility index (Phi) is 4.17. The minimum atomic E-state index is -0.181. The summed E-state index contributed by atoms with van der Waals surface area (Å²) in [6, 6.07) is 0. The fraction of sp³-hybridized carbons (Fsp3) is 0.769. The molecule has 2 rings (SSSR count). The van der Waals surface area contributed by atoms with Crippen LogP contribution >= 0.6 is 11.3 Å². The van der Waals surface area contributed by atoms with Gasteiger partial charge in [-0.25, -0.2) is 4.98 Å². The van der Waals surface area contributed by atoms with Gasteiger partial charge in [0.2, 0.25) is 0 Å². The average Bonchev–Trinajstić information content (AvgIpc) is 2.82. The van der Waals surface area contributed by atoms with Crippen LogP contribution in [-0.4, -0.2) is 16.7 Å². The number of hydrogen-bond acceptors (Lipinski definition) is 4. The molecule has 0 radical (unpaired) electrons. The molecule has 1 fully saturated rings. The van der Waals surface area contributed by atoms with Crippen LogP contribution < -0.4 is 0 Å². The topological polar surface area (TPSA) is 42.4 Å². The highest BCUT2D eigenvalue weighted by Gasteiger charge is 2.39. The largest absolute Gasteiger partial charge is 0.391 e. The predicted octanol–water partition coefficient (Wildman–Crippen LogP) is 3.08. The highest BCUT2D eigenvalue weighted by Crippen LogP contribution is 2.43. The van der Waals surface area contributed by atoms with Gasteiger partial charge in [-0.15, -0.1) is 11.3 Å². The first kappa shape index (κ1) is 13.0. The van der Waals surface area contributed by atoms with E-state index in [2.05, 4.69) is 11.9 Å². The van der Waals surface area contributed by atoms with Gasteiger partial charge in [0.25, 0.3) is 0 Å². The number of nitrogens with zero attached hydrogens (tertiary/aromatic N) is 1. The zero-order valence-electron chi connectivity index (χ0n) is 10.6. The van der Waals surface area contributed by atoms with Gasteiger partial charge < -0.3 is 9.84 Å². The minimum absolute atomic E-state index is 0.0796. The number of hydrogen-bond donors (Lipinski definition) is 1. The zero-order valence-corrected chi connectivity index (χ0v) is 11.4. The first-order valence-electron chi connectivity index (χ1n) is 6.40. The number of ether oxygens (including phenoxy) is 1. The SMILES string of the molecule is CCOC1(c2ncc(CO)s2)CCC(C)CC1. The lowest BCUT2D eigenvalue weighted by molar-refractivity contribution is -0.0776. The van der Waals surface area contributed by atoms with E-state index in [0.29, 0.717) is 0 Å². The summed E-state index contributed by atoms with van der Waals surface area (Å²) in [4.78, 5) is 5.39. The van der Waals surface area contributed by atoms with Crippen molar-refractivity contribution in [2.75, 3.05) is 6.61 Å². The first-order valence-corrected chi connectivity index (χ1v) is 7.22. The fourth-order valence-electron chi connectivity index (χ4n) is 2.52. The molecule has 0 saturated heterocycles. The lowest BCUT2D eigenvalue weighted by Crippen LogP contribution is -2.34. The Morgan fingerprint density at radius 1 is 1.53 bits per heavy atom. The minimum Gasteiger partial charge on any atom is -0.391 e. The molecular weight excluding hydrogens is 234 g/mol. The average molecular weight is 255 g/mol. The summed E-state index contributed by atoms with van der Waals surface area (Å²) in [5.74, 6) is 0.792. The van der Waals surface area contributed by atoms with Crippen molar-refractivity contribution in [2.24, 2.45) is 5.92 Å². The van der Waals surface area contributed by atoms with Gasteiger partial charge in [-0.1, -0.05) is 6.92 Å². The van der Waals surface area contributed by atoms with E-state index in [9.17, 15) is 0 Å². The summed E-state index contributed by atoms with van der Waals surface area (Å²) < 4.78 is 6.03. The molecule has 0 aromatic carbocycles. The molecule has 1 aromatic rings. The van der Waals surface area contributed by atoms with Crippen LogP contribution in [0.4, 0.5) is 0 Å². The summed E-state index contributed by atoms with van der Waals surface area (Å²) in [6.07, 6.45) is 6.29. The second-order valence-corrected chi connectivity index (χ2v) is 6.01. The molecule has 3 nitrogen and oxygen atoms in total. The molecular formula is C13H21NO2S. The maximum Gasteiger partial charge on any atom is 0.125 e. The molecule has 1 heterocycles. The van der Waals surface area contributed by atoms with Gasteiger partial charge in [0.05, 0.1) is 11.5 Å². The van der Waals surface area contributed by atoms with E-state index in [-0.39, 0.29) is 12.2 Å². The number of aliphatic hydroxyl groups is 1. The third kappa shape index (κ3) is 2.69. The summed E-state index contributed by atoms with van der Waals surface area (Å²) in [5, 5.41) is 10.2. The van der Waals surface area contributed by atoms with Gasteiger partial charge >= 0.3 is 0 Å². The normalized spacial score (nSPS) is 29.5. The van der Waals surface area contributed by atoms with Crippen molar-refractivity contribution >= 4 is 11.3 Å². The highest BCUT2D eigenvalue weighted by molar-refractivity contribution is 7.11. The van der Waals surface area contributed by atoms with E-state index in [1.165, 1.54) is 12.8 Å². The molecule has 96 valence electrons. The Morgan fingerprint density at radius 2 is 2.24 bits per heavy atom. The van der Waals surface area contributed by atoms with Crippen LogP contribution in [0.5, 0.6) is 0 Å². The zero-order chi connectivity index (χ0) is 12.3. The van der Waals surface area contributed by atoms with Crippen molar-refractivity contribution in [3.63, 3.8) is 0 Å². The van der Waals surface area contributed by atoms with E-state index < -0.39 is 0 Å². The molecule has 0 bridgehead atoms. The molecule has 4 heteroatoms. The van der Waals surface area contributed by atoms with Crippen LogP contribution in [0.15, 0.2) is 6.20 Å². The maximum absolute atomic E-state index is 9.13. The molecule has 1 aliphatic rings. The van der Waals surface area contributed by atoms with Crippen molar-refractivity contribution in [1.29, 1.82) is 0 Å². The Labute approximate surface area is 107 Å². The molecule has 0 atom stereocenters. The van der Waals surface area contributed by atoms with Crippen LogP contribution in [0.25, 0.3) is 0 Å². The van der Waals surface area contributed by atoms with E-state index in [0.717, 1.165) is 35.3 Å². The molecule has 1 aliphatic carbocycles. The summed E-state index contributed by atoms with van der Waals surface area (Å²) in [6.45, 7) is 5.15. The van der Waals surface area contributed by atoms with Gasteiger partial charge in [0.1, 0.15) is 10.6 Å². The van der Waals surface area contributed by atoms with E-state index in [1.54, 1.807) is 17.5 Å². The van der Waals surface area contributed by atoms with Crippen molar-refractivity contribution in [2.45, 2.75) is 51.7 Å². The van der Waals surface area contributed by atoms with Crippen LogP contribution in [-0.2, 0) is 16.9 Å². The van der Waals surface area contributed by atoms with E-state index in [4.69, 9.17) is 9.84 Å². The molecule has 0 aliphatic heterocycles. The van der Waals surface area contributed by atoms with Crippen molar-refractivity contribution in [3.8, 4) is 0 Å². The van der Waals surface area contributed by atoms with Crippen molar-refractivity contribution < 1.29 is 9.84 Å². The molecule has 1 saturated carbocycles. The number of rotatable bonds is 4. The third-order valence-corrected chi connectivity index (χ3v) is 4.77. The van der Waals surface area contributed by atoms with Gasteiger partial charge in [-0.2, -0.15) is 0 Å². The molecule has 0 spiro atoms. The van der Waals surface area contributed by atoms with Crippen LogP contribution in [0.1, 0.15) is 49.4 Å². The van der Waals surface area contributed by atoms with Crippen LogP contribution in [0.3, 0.4) is 0 Å². The van der Waals surface area contributed by atoms with Gasteiger partial charge in [0.15, 0.2) is 0 Å². The summed E-state index contributed by atoms with van der Waals surface area (Å²) >= 11 is 1.59. The predicted molar refractivity (Wildman–Crippen MR) is 69.0 cm³/mol. The lowest BCUT2D eigenvalue weighted by Gasteiger charge is -2.37. The van der Waals surface area contributed by atoms with Gasteiger partial charge in [0, 0.05) is 12.8 Å². The van der Waals surface area contributed by atoms with Crippen molar-refractivity contribution in [3.05, 3.63) is 16.1 Å². The summed E-state index contributed by atoms with van der Waals surface area (Å²) in [5.41, 5.74) is -0.181.